The van der Waals surface area contributed by atoms with Gasteiger partial charge < -0.3 is 5.32 Å². The normalized spacial score (nSPS) is 12.5. The molecular weight excluding hydrogens is 182 g/mol. The van der Waals surface area contributed by atoms with Crippen LogP contribution in [0.15, 0.2) is 18.2 Å². The first-order valence-corrected chi connectivity index (χ1v) is 5.96. The fourth-order valence-electron chi connectivity index (χ4n) is 1.93. The topological polar surface area (TPSA) is 12.0 Å². The first-order valence-electron chi connectivity index (χ1n) is 5.96. The molecule has 1 nitrogen and oxygen atoms in total. The van der Waals surface area contributed by atoms with E-state index in [2.05, 4.69) is 51.2 Å². The van der Waals surface area contributed by atoms with Crippen molar-refractivity contribution in [1.29, 1.82) is 0 Å². The average Bonchev–Trinajstić information content (AvgIpc) is 2.13. The van der Waals surface area contributed by atoms with Crippen LogP contribution in [0, 0.1) is 13.8 Å². The monoisotopic (exact) mass is 205 g/mol. The van der Waals surface area contributed by atoms with Crippen LogP contribution in [0.5, 0.6) is 0 Å². The quantitative estimate of drug-likeness (QED) is 0.756. The van der Waals surface area contributed by atoms with Gasteiger partial charge in [-0.25, -0.2) is 0 Å². The van der Waals surface area contributed by atoms with Gasteiger partial charge in [-0.2, -0.15) is 0 Å². The molecule has 0 bridgehead atoms. The van der Waals surface area contributed by atoms with Crippen LogP contribution in [0.2, 0.25) is 0 Å². The lowest BCUT2D eigenvalue weighted by atomic mass is 10.1. The predicted molar refractivity (Wildman–Crippen MR) is 68.5 cm³/mol. The van der Waals surface area contributed by atoms with Crippen molar-refractivity contribution in [3.8, 4) is 0 Å². The van der Waals surface area contributed by atoms with Gasteiger partial charge in [0.1, 0.15) is 0 Å². The molecule has 0 heterocycles. The van der Waals surface area contributed by atoms with E-state index in [-0.39, 0.29) is 0 Å². The lowest BCUT2D eigenvalue weighted by molar-refractivity contribution is 0.645. The molecule has 0 aliphatic rings. The van der Waals surface area contributed by atoms with Crippen LogP contribution in [0.4, 0.5) is 5.69 Å². The van der Waals surface area contributed by atoms with Crippen molar-refractivity contribution in [2.45, 2.75) is 53.0 Å². The van der Waals surface area contributed by atoms with Crippen LogP contribution in [0.25, 0.3) is 0 Å². The second-order valence-corrected chi connectivity index (χ2v) is 4.56. The molecule has 0 amide bonds. The minimum Gasteiger partial charge on any atom is -0.383 e. The molecule has 84 valence electrons. The molecule has 0 saturated carbocycles. The molecular formula is C14H23N. The molecule has 0 aliphatic carbocycles. The van der Waals surface area contributed by atoms with E-state index in [0.717, 1.165) is 0 Å². The van der Waals surface area contributed by atoms with E-state index in [1.807, 2.05) is 0 Å². The first kappa shape index (κ1) is 12.1. The molecule has 0 spiro atoms. The number of rotatable bonds is 5. The van der Waals surface area contributed by atoms with Gasteiger partial charge in [0, 0.05) is 11.7 Å². The van der Waals surface area contributed by atoms with Crippen LogP contribution < -0.4 is 5.32 Å². The third-order valence-electron chi connectivity index (χ3n) is 2.63. The summed E-state index contributed by atoms with van der Waals surface area (Å²) in [5.74, 6) is 0. The van der Waals surface area contributed by atoms with E-state index in [1.54, 1.807) is 0 Å². The van der Waals surface area contributed by atoms with E-state index >= 15 is 0 Å². The second-order valence-electron chi connectivity index (χ2n) is 4.56. The highest BCUT2D eigenvalue weighted by Gasteiger charge is 2.01. The highest BCUT2D eigenvalue weighted by molar-refractivity contribution is 5.48. The van der Waals surface area contributed by atoms with E-state index in [0.29, 0.717) is 6.04 Å². The van der Waals surface area contributed by atoms with Crippen LogP contribution in [0.3, 0.4) is 0 Å². The third-order valence-corrected chi connectivity index (χ3v) is 2.63. The SMILES string of the molecule is CCCCC(C)Nc1cc(C)cc(C)c1. The molecule has 1 atom stereocenters. The molecule has 0 aliphatic heterocycles. The maximum Gasteiger partial charge on any atom is 0.0347 e. The Morgan fingerprint density at radius 3 is 2.27 bits per heavy atom. The number of nitrogens with one attached hydrogen (secondary N) is 1. The summed E-state index contributed by atoms with van der Waals surface area (Å²) >= 11 is 0. The van der Waals surface area contributed by atoms with Gasteiger partial charge in [-0.05, 0) is 50.5 Å². The molecule has 0 saturated heterocycles. The highest BCUT2D eigenvalue weighted by atomic mass is 14.9. The molecule has 1 N–H and O–H groups in total. The average molecular weight is 205 g/mol. The predicted octanol–water partition coefficient (Wildman–Crippen LogP) is 4.29. The lowest BCUT2D eigenvalue weighted by Gasteiger charge is -2.15. The van der Waals surface area contributed by atoms with E-state index in [4.69, 9.17) is 0 Å². The summed E-state index contributed by atoms with van der Waals surface area (Å²) in [7, 11) is 0. The molecule has 1 unspecified atom stereocenters. The molecule has 15 heavy (non-hydrogen) atoms. The number of hydrogen-bond donors (Lipinski definition) is 1. The number of anilines is 1. The van der Waals surface area contributed by atoms with Gasteiger partial charge in [0.2, 0.25) is 0 Å². The number of benzene rings is 1. The van der Waals surface area contributed by atoms with Crippen molar-refractivity contribution >= 4 is 5.69 Å². The Morgan fingerprint density at radius 2 is 1.73 bits per heavy atom. The summed E-state index contributed by atoms with van der Waals surface area (Å²) in [6, 6.07) is 7.22. The Bertz CT molecular complexity index is 284. The van der Waals surface area contributed by atoms with Gasteiger partial charge >= 0.3 is 0 Å². The van der Waals surface area contributed by atoms with Crippen molar-refractivity contribution < 1.29 is 0 Å². The maximum atomic E-state index is 3.56. The largest absolute Gasteiger partial charge is 0.383 e. The van der Waals surface area contributed by atoms with Gasteiger partial charge in [-0.1, -0.05) is 25.8 Å². The number of unbranched alkanes of at least 4 members (excludes halogenated alkanes) is 1. The van der Waals surface area contributed by atoms with Gasteiger partial charge in [-0.15, -0.1) is 0 Å². The molecule has 0 radical (unpaired) electrons. The van der Waals surface area contributed by atoms with Crippen molar-refractivity contribution in [2.24, 2.45) is 0 Å². The third kappa shape index (κ3) is 4.37. The van der Waals surface area contributed by atoms with E-state index in [9.17, 15) is 0 Å². The standard InChI is InChI=1S/C14H23N/c1-5-6-7-13(4)15-14-9-11(2)8-12(3)10-14/h8-10,13,15H,5-7H2,1-4H3. The van der Waals surface area contributed by atoms with Gasteiger partial charge in [0.25, 0.3) is 0 Å². The van der Waals surface area contributed by atoms with Crippen molar-refractivity contribution in [3.63, 3.8) is 0 Å². The van der Waals surface area contributed by atoms with Gasteiger partial charge in [-0.3, -0.25) is 0 Å². The zero-order chi connectivity index (χ0) is 11.3. The van der Waals surface area contributed by atoms with Crippen LogP contribution in [-0.2, 0) is 0 Å². The number of aryl methyl sites for hydroxylation is 2. The molecule has 0 aromatic heterocycles. The van der Waals surface area contributed by atoms with Crippen molar-refractivity contribution in [2.75, 3.05) is 5.32 Å². The summed E-state index contributed by atoms with van der Waals surface area (Å²) in [4.78, 5) is 0. The minimum atomic E-state index is 0.575. The van der Waals surface area contributed by atoms with Crippen molar-refractivity contribution in [3.05, 3.63) is 29.3 Å². The lowest BCUT2D eigenvalue weighted by Crippen LogP contribution is -2.14. The van der Waals surface area contributed by atoms with Crippen LogP contribution >= 0.6 is 0 Å². The maximum absolute atomic E-state index is 3.56. The zero-order valence-electron chi connectivity index (χ0n) is 10.4. The van der Waals surface area contributed by atoms with Gasteiger partial charge in [0.05, 0.1) is 0 Å². The fourth-order valence-corrected chi connectivity index (χ4v) is 1.93. The Kier molecular flexibility index (Phi) is 4.67. The van der Waals surface area contributed by atoms with Crippen molar-refractivity contribution in [1.82, 2.24) is 0 Å². The second kappa shape index (κ2) is 5.79. The van der Waals surface area contributed by atoms with E-state index < -0.39 is 0 Å². The Labute approximate surface area is 93.9 Å². The summed E-state index contributed by atoms with van der Waals surface area (Å²) in [6.07, 6.45) is 3.83. The molecule has 0 fully saturated rings. The fraction of sp³-hybridized carbons (Fsp3) is 0.571. The smallest absolute Gasteiger partial charge is 0.0347 e. The molecule has 1 aromatic rings. The molecule has 1 aromatic carbocycles. The van der Waals surface area contributed by atoms with E-state index in [1.165, 1.54) is 36.1 Å². The van der Waals surface area contributed by atoms with Crippen LogP contribution in [-0.4, -0.2) is 6.04 Å². The Hall–Kier alpha value is -0.980. The van der Waals surface area contributed by atoms with Crippen LogP contribution in [0.1, 0.15) is 44.2 Å². The molecule has 1 heteroatoms. The highest BCUT2D eigenvalue weighted by Crippen LogP contribution is 2.16. The number of hydrogen-bond acceptors (Lipinski definition) is 1. The Morgan fingerprint density at radius 1 is 1.13 bits per heavy atom. The summed E-state index contributed by atoms with van der Waals surface area (Å²) in [6.45, 7) is 8.79. The first-order chi connectivity index (χ1) is 7.11. The molecule has 1 rings (SSSR count). The van der Waals surface area contributed by atoms with Gasteiger partial charge in [0.15, 0.2) is 0 Å². The summed E-state index contributed by atoms with van der Waals surface area (Å²) in [5.41, 5.74) is 3.93. The Balaban J connectivity index is 2.56. The zero-order valence-corrected chi connectivity index (χ0v) is 10.4. The minimum absolute atomic E-state index is 0.575. The summed E-state index contributed by atoms with van der Waals surface area (Å²) < 4.78 is 0. The summed E-state index contributed by atoms with van der Waals surface area (Å²) in [5, 5.41) is 3.56.